The van der Waals surface area contributed by atoms with Gasteiger partial charge in [-0.25, -0.2) is 4.98 Å². The van der Waals surface area contributed by atoms with Gasteiger partial charge in [0.25, 0.3) is 11.8 Å². The first kappa shape index (κ1) is 18.7. The van der Waals surface area contributed by atoms with E-state index in [2.05, 4.69) is 21.0 Å². The Morgan fingerprint density at radius 1 is 1.07 bits per heavy atom. The van der Waals surface area contributed by atoms with E-state index in [4.69, 9.17) is 8.94 Å². The number of hydrogen-bond donors (Lipinski definition) is 2. The highest BCUT2D eigenvalue weighted by Crippen LogP contribution is 2.24. The number of thioether (sulfide) groups is 1. The van der Waals surface area contributed by atoms with E-state index in [1.165, 1.54) is 11.8 Å². The predicted octanol–water partition coefficient (Wildman–Crippen LogP) is 2.95. The molecule has 0 spiro atoms. The van der Waals surface area contributed by atoms with Gasteiger partial charge in [-0.2, -0.15) is 0 Å². The molecule has 3 rings (SSSR count). The lowest BCUT2D eigenvalue weighted by molar-refractivity contribution is 0.0843. The molecule has 0 fully saturated rings. The maximum atomic E-state index is 12.5. The van der Waals surface area contributed by atoms with E-state index in [0.29, 0.717) is 33.4 Å². The van der Waals surface area contributed by atoms with Crippen molar-refractivity contribution in [3.05, 3.63) is 64.6 Å². The second-order valence-electron chi connectivity index (χ2n) is 5.81. The third-order valence-corrected chi connectivity index (χ3v) is 4.66. The van der Waals surface area contributed by atoms with E-state index in [-0.39, 0.29) is 0 Å². The van der Waals surface area contributed by atoms with Gasteiger partial charge in [0.15, 0.2) is 0 Å². The molecular weight excluding hydrogens is 368 g/mol. The molecule has 9 heteroatoms. The molecule has 2 amide bonds. The number of hydrazine groups is 1. The lowest BCUT2D eigenvalue weighted by Gasteiger charge is -2.09. The third kappa shape index (κ3) is 4.56. The van der Waals surface area contributed by atoms with E-state index in [1.807, 2.05) is 13.0 Å². The van der Waals surface area contributed by atoms with Crippen LogP contribution < -0.4 is 10.9 Å². The van der Waals surface area contributed by atoms with Gasteiger partial charge < -0.3 is 8.94 Å². The van der Waals surface area contributed by atoms with Crippen LogP contribution in [0.4, 0.5) is 0 Å². The second kappa shape index (κ2) is 8.09. The average Bonchev–Trinajstić information content (AvgIpc) is 3.22. The molecule has 0 bridgehead atoms. The molecule has 0 aliphatic heterocycles. The quantitative estimate of drug-likeness (QED) is 0.512. The van der Waals surface area contributed by atoms with Crippen molar-refractivity contribution in [2.24, 2.45) is 0 Å². The van der Waals surface area contributed by atoms with Crippen LogP contribution >= 0.6 is 11.8 Å². The van der Waals surface area contributed by atoms with Crippen LogP contribution in [0.15, 0.2) is 44.4 Å². The lowest BCUT2D eigenvalue weighted by Crippen LogP contribution is -2.42. The molecule has 0 saturated heterocycles. The first-order valence-electron chi connectivity index (χ1n) is 8.12. The first-order valence-corrected chi connectivity index (χ1v) is 9.10. The SMILES string of the molecule is Cc1cc(CSc2ncccc2C(=O)NNC(=O)c2cc(C)oc2C)no1. The first-order chi connectivity index (χ1) is 12.9. The third-order valence-electron chi connectivity index (χ3n) is 3.62. The van der Waals surface area contributed by atoms with Gasteiger partial charge in [-0.05, 0) is 39.0 Å². The van der Waals surface area contributed by atoms with Crippen LogP contribution in [-0.4, -0.2) is 22.0 Å². The largest absolute Gasteiger partial charge is 0.466 e. The molecule has 0 aliphatic rings. The van der Waals surface area contributed by atoms with Gasteiger partial charge in [-0.1, -0.05) is 16.9 Å². The fourth-order valence-corrected chi connectivity index (χ4v) is 3.28. The number of carbonyl (C=O) groups is 2. The van der Waals surface area contributed by atoms with Crippen molar-refractivity contribution in [2.75, 3.05) is 0 Å². The van der Waals surface area contributed by atoms with Crippen molar-refractivity contribution >= 4 is 23.6 Å². The minimum absolute atomic E-state index is 0.350. The highest BCUT2D eigenvalue weighted by Gasteiger charge is 2.17. The van der Waals surface area contributed by atoms with E-state index >= 15 is 0 Å². The highest BCUT2D eigenvalue weighted by atomic mass is 32.2. The molecule has 0 atom stereocenters. The van der Waals surface area contributed by atoms with E-state index in [1.54, 1.807) is 38.2 Å². The molecule has 0 aliphatic carbocycles. The number of furan rings is 1. The lowest BCUT2D eigenvalue weighted by atomic mass is 10.2. The normalized spacial score (nSPS) is 10.6. The Kier molecular flexibility index (Phi) is 5.60. The van der Waals surface area contributed by atoms with Gasteiger partial charge in [-0.3, -0.25) is 20.4 Å². The minimum atomic E-state index is -0.465. The molecule has 3 aromatic rings. The molecule has 0 radical (unpaired) electrons. The van der Waals surface area contributed by atoms with Crippen molar-refractivity contribution in [1.82, 2.24) is 21.0 Å². The van der Waals surface area contributed by atoms with Crippen molar-refractivity contribution in [3.63, 3.8) is 0 Å². The van der Waals surface area contributed by atoms with Crippen molar-refractivity contribution in [2.45, 2.75) is 31.6 Å². The standard InChI is InChI=1S/C18H18N4O4S/c1-10-8-15(12(3)25-10)17(24)21-20-16(23)14-5-4-6-19-18(14)27-9-13-7-11(2)26-22-13/h4-8H,9H2,1-3H3,(H,20,23)(H,21,24). The van der Waals surface area contributed by atoms with Crippen LogP contribution in [0.25, 0.3) is 0 Å². The molecule has 8 nitrogen and oxygen atoms in total. The fraction of sp³-hybridized carbons (Fsp3) is 0.222. The number of pyridine rings is 1. The van der Waals surface area contributed by atoms with Crippen molar-refractivity contribution < 1.29 is 18.5 Å². The minimum Gasteiger partial charge on any atom is -0.466 e. The topological polar surface area (TPSA) is 110 Å². The van der Waals surface area contributed by atoms with E-state index in [0.717, 1.165) is 11.5 Å². The van der Waals surface area contributed by atoms with Gasteiger partial charge in [0.05, 0.1) is 16.8 Å². The van der Waals surface area contributed by atoms with Crippen molar-refractivity contribution in [3.8, 4) is 0 Å². The van der Waals surface area contributed by atoms with E-state index < -0.39 is 11.8 Å². The number of hydrogen-bond acceptors (Lipinski definition) is 7. The zero-order valence-corrected chi connectivity index (χ0v) is 15.8. The zero-order valence-electron chi connectivity index (χ0n) is 15.0. The number of rotatable bonds is 5. The Bertz CT molecular complexity index is 979. The predicted molar refractivity (Wildman–Crippen MR) is 98.2 cm³/mol. The molecule has 0 saturated carbocycles. The van der Waals surface area contributed by atoms with Crippen LogP contribution in [0.3, 0.4) is 0 Å². The maximum absolute atomic E-state index is 12.5. The molecular formula is C18H18N4O4S. The molecule has 3 heterocycles. The number of aryl methyl sites for hydroxylation is 3. The van der Waals surface area contributed by atoms with Crippen LogP contribution in [0.2, 0.25) is 0 Å². The zero-order chi connectivity index (χ0) is 19.4. The summed E-state index contributed by atoms with van der Waals surface area (Å²) in [4.78, 5) is 28.9. The monoisotopic (exact) mass is 386 g/mol. The van der Waals surface area contributed by atoms with Crippen LogP contribution in [0.1, 0.15) is 43.7 Å². The number of amides is 2. The summed E-state index contributed by atoms with van der Waals surface area (Å²) in [5.41, 5.74) is 6.28. The van der Waals surface area contributed by atoms with Gasteiger partial charge in [0, 0.05) is 18.0 Å². The Hall–Kier alpha value is -3.07. The average molecular weight is 386 g/mol. The summed E-state index contributed by atoms with van der Waals surface area (Å²) < 4.78 is 10.4. The van der Waals surface area contributed by atoms with Gasteiger partial charge in [-0.15, -0.1) is 0 Å². The van der Waals surface area contributed by atoms with Gasteiger partial charge in [0.2, 0.25) is 0 Å². The fourth-order valence-electron chi connectivity index (χ4n) is 2.41. The van der Waals surface area contributed by atoms with Crippen LogP contribution in [0, 0.1) is 20.8 Å². The second-order valence-corrected chi connectivity index (χ2v) is 6.77. The summed E-state index contributed by atoms with van der Waals surface area (Å²) in [6.45, 7) is 5.25. The molecule has 3 aromatic heterocycles. The van der Waals surface area contributed by atoms with Crippen molar-refractivity contribution in [1.29, 1.82) is 0 Å². The number of aromatic nitrogens is 2. The highest BCUT2D eigenvalue weighted by molar-refractivity contribution is 7.98. The Balaban J connectivity index is 1.64. The van der Waals surface area contributed by atoms with Gasteiger partial charge >= 0.3 is 0 Å². The molecule has 27 heavy (non-hydrogen) atoms. The maximum Gasteiger partial charge on any atom is 0.273 e. The summed E-state index contributed by atoms with van der Waals surface area (Å²) in [6, 6.07) is 6.73. The Morgan fingerprint density at radius 2 is 1.81 bits per heavy atom. The summed E-state index contributed by atoms with van der Waals surface area (Å²) in [6.07, 6.45) is 1.60. The summed E-state index contributed by atoms with van der Waals surface area (Å²) >= 11 is 1.36. The number of nitrogens with one attached hydrogen (secondary N) is 2. The summed E-state index contributed by atoms with van der Waals surface area (Å²) in [5.74, 6) is 1.42. The van der Waals surface area contributed by atoms with Crippen LogP contribution in [-0.2, 0) is 5.75 Å². The molecule has 140 valence electrons. The Labute approximate surface area is 159 Å². The number of nitrogens with zero attached hydrogens (tertiary/aromatic N) is 2. The molecule has 0 aromatic carbocycles. The number of carbonyl (C=O) groups excluding carboxylic acids is 2. The summed E-state index contributed by atoms with van der Waals surface area (Å²) in [7, 11) is 0. The Morgan fingerprint density at radius 3 is 2.44 bits per heavy atom. The smallest absolute Gasteiger partial charge is 0.273 e. The van der Waals surface area contributed by atoms with E-state index in [9.17, 15) is 9.59 Å². The molecule has 0 unspecified atom stereocenters. The van der Waals surface area contributed by atoms with Crippen LogP contribution in [0.5, 0.6) is 0 Å². The molecule has 2 N–H and O–H groups in total. The summed E-state index contributed by atoms with van der Waals surface area (Å²) in [5, 5.41) is 4.45. The van der Waals surface area contributed by atoms with Gasteiger partial charge in [0.1, 0.15) is 22.3 Å².